The van der Waals surface area contributed by atoms with Crippen LogP contribution < -0.4 is 5.32 Å². The first-order valence-electron chi connectivity index (χ1n) is 11.9. The van der Waals surface area contributed by atoms with Crippen molar-refractivity contribution in [2.45, 2.75) is 18.2 Å². The molecule has 3 heterocycles. The highest BCUT2D eigenvalue weighted by atomic mass is 32.2. The average molecular weight is 509 g/mol. The number of fused-ring (bicyclic) bond motifs is 2. The summed E-state index contributed by atoms with van der Waals surface area (Å²) in [5.74, 6) is 0.618. The second-order valence-electron chi connectivity index (χ2n) is 8.79. The van der Waals surface area contributed by atoms with E-state index in [9.17, 15) is 8.42 Å². The molecular formula is C28H24N6O2S. The topological polar surface area (TPSA) is 106 Å². The van der Waals surface area contributed by atoms with Crippen molar-refractivity contribution in [3.63, 3.8) is 0 Å². The Morgan fingerprint density at radius 2 is 1.65 bits per heavy atom. The summed E-state index contributed by atoms with van der Waals surface area (Å²) in [6.45, 7) is 2.39. The maximum Gasteiger partial charge on any atom is 0.268 e. The Morgan fingerprint density at radius 1 is 0.892 bits per heavy atom. The lowest BCUT2D eigenvalue weighted by Crippen LogP contribution is -2.18. The van der Waals surface area contributed by atoms with Gasteiger partial charge in [0, 0.05) is 29.6 Å². The first kappa shape index (κ1) is 22.9. The number of nitrogens with one attached hydrogen (secondary N) is 2. The molecule has 0 aliphatic rings. The van der Waals surface area contributed by atoms with E-state index >= 15 is 0 Å². The van der Waals surface area contributed by atoms with E-state index in [0.29, 0.717) is 41.2 Å². The van der Waals surface area contributed by atoms with Gasteiger partial charge in [-0.25, -0.2) is 27.3 Å². The maximum absolute atomic E-state index is 14.1. The highest BCUT2D eigenvalue weighted by molar-refractivity contribution is 7.90. The summed E-state index contributed by atoms with van der Waals surface area (Å²) in [6.07, 6.45) is 3.47. The molecular weight excluding hydrogens is 484 g/mol. The van der Waals surface area contributed by atoms with Crippen LogP contribution in [0.5, 0.6) is 0 Å². The van der Waals surface area contributed by atoms with Crippen molar-refractivity contribution < 1.29 is 8.42 Å². The number of aryl methyl sites for hydroxylation is 1. The molecule has 6 rings (SSSR count). The molecule has 0 fully saturated rings. The fraction of sp³-hybridized carbons (Fsp3) is 0.107. The van der Waals surface area contributed by atoms with E-state index in [1.807, 2.05) is 73.7 Å². The van der Waals surface area contributed by atoms with E-state index in [-0.39, 0.29) is 4.90 Å². The molecule has 0 unspecified atom stereocenters. The number of aromatic nitrogens is 5. The number of hydrogen-bond acceptors (Lipinski definition) is 6. The zero-order chi connectivity index (χ0) is 25.4. The van der Waals surface area contributed by atoms with Crippen molar-refractivity contribution >= 4 is 37.9 Å². The molecule has 0 saturated heterocycles. The number of para-hydroxylation sites is 1. The number of imidazole rings is 1. The molecule has 2 N–H and O–H groups in total. The molecule has 9 heteroatoms. The lowest BCUT2D eigenvalue weighted by atomic mass is 10.0. The third-order valence-electron chi connectivity index (χ3n) is 6.42. The van der Waals surface area contributed by atoms with Crippen LogP contribution in [0, 0.1) is 6.92 Å². The van der Waals surface area contributed by atoms with Gasteiger partial charge in [-0.15, -0.1) is 0 Å². The summed E-state index contributed by atoms with van der Waals surface area (Å²) in [4.78, 5) is 16.0. The molecule has 3 aromatic carbocycles. The lowest BCUT2D eigenvalue weighted by molar-refractivity contribution is 0.587. The van der Waals surface area contributed by atoms with Gasteiger partial charge < -0.3 is 10.3 Å². The highest BCUT2D eigenvalue weighted by Gasteiger charge is 2.27. The van der Waals surface area contributed by atoms with Crippen LogP contribution in [0.1, 0.15) is 11.3 Å². The Kier molecular flexibility index (Phi) is 5.69. The summed E-state index contributed by atoms with van der Waals surface area (Å²) in [7, 11) is -3.87. The minimum absolute atomic E-state index is 0.252. The highest BCUT2D eigenvalue weighted by Crippen LogP contribution is 2.37. The number of H-pyrrole nitrogens is 1. The second kappa shape index (κ2) is 9.18. The van der Waals surface area contributed by atoms with Gasteiger partial charge in [0.15, 0.2) is 11.5 Å². The summed E-state index contributed by atoms with van der Waals surface area (Å²) < 4.78 is 29.7. The first-order valence-corrected chi connectivity index (χ1v) is 13.4. The SMILES string of the molecule is Cc1ccc(S(=O)(=O)n2c(CCNc3ncnc4nc[nH]c34)c(-c3ccccc3)c3ccccc32)cc1. The maximum atomic E-state index is 14.1. The fourth-order valence-electron chi connectivity index (χ4n) is 4.71. The van der Waals surface area contributed by atoms with Crippen molar-refractivity contribution in [1.82, 2.24) is 23.9 Å². The van der Waals surface area contributed by atoms with Crippen LogP contribution >= 0.6 is 0 Å². The molecule has 0 aliphatic heterocycles. The number of nitrogens with zero attached hydrogens (tertiary/aromatic N) is 4. The molecule has 184 valence electrons. The van der Waals surface area contributed by atoms with Gasteiger partial charge in [0.25, 0.3) is 10.0 Å². The fourth-order valence-corrected chi connectivity index (χ4v) is 6.29. The van der Waals surface area contributed by atoms with Crippen LogP contribution in [0.3, 0.4) is 0 Å². The molecule has 0 bridgehead atoms. The van der Waals surface area contributed by atoms with Crippen molar-refractivity contribution in [3.05, 3.63) is 103 Å². The molecule has 8 nitrogen and oxygen atoms in total. The quantitative estimate of drug-likeness (QED) is 0.308. The standard InChI is InChI=1S/C28H24N6O2S/c1-19-11-13-21(14-12-19)37(35,36)34-23-10-6-5-9-22(23)25(20-7-3-2-4-8-20)24(34)15-16-29-27-26-28(31-17-30-26)33-18-32-27/h2-14,17-18H,15-16H2,1H3,(H2,29,30,31,32,33). The summed E-state index contributed by atoms with van der Waals surface area (Å²) in [6, 6.07) is 24.5. The summed E-state index contributed by atoms with van der Waals surface area (Å²) >= 11 is 0. The monoisotopic (exact) mass is 508 g/mol. The van der Waals surface area contributed by atoms with Crippen molar-refractivity contribution in [2.75, 3.05) is 11.9 Å². The smallest absolute Gasteiger partial charge is 0.268 e. The summed E-state index contributed by atoms with van der Waals surface area (Å²) in [5, 5.41) is 4.23. The Morgan fingerprint density at radius 3 is 2.46 bits per heavy atom. The number of anilines is 1. The lowest BCUT2D eigenvalue weighted by Gasteiger charge is -2.14. The number of aromatic amines is 1. The molecule has 0 radical (unpaired) electrons. The Balaban J connectivity index is 1.51. The third-order valence-corrected chi connectivity index (χ3v) is 8.19. The zero-order valence-corrected chi connectivity index (χ0v) is 20.9. The largest absolute Gasteiger partial charge is 0.368 e. The number of hydrogen-bond donors (Lipinski definition) is 2. The zero-order valence-electron chi connectivity index (χ0n) is 20.1. The van der Waals surface area contributed by atoms with Crippen molar-refractivity contribution in [3.8, 4) is 11.1 Å². The van der Waals surface area contributed by atoms with E-state index in [1.54, 1.807) is 18.5 Å². The van der Waals surface area contributed by atoms with Gasteiger partial charge in [-0.05, 0) is 30.7 Å². The molecule has 0 saturated carbocycles. The molecule has 0 aliphatic carbocycles. The first-order chi connectivity index (χ1) is 18.0. The Labute approximate surface area is 214 Å². The van der Waals surface area contributed by atoms with Gasteiger partial charge in [0.05, 0.1) is 16.7 Å². The van der Waals surface area contributed by atoms with Gasteiger partial charge in [-0.3, -0.25) is 0 Å². The minimum atomic E-state index is -3.87. The van der Waals surface area contributed by atoms with E-state index in [0.717, 1.165) is 22.1 Å². The Bertz CT molecular complexity index is 1820. The molecule has 0 atom stereocenters. The van der Waals surface area contributed by atoms with Gasteiger partial charge in [-0.2, -0.15) is 0 Å². The number of rotatable bonds is 7. The van der Waals surface area contributed by atoms with Crippen LogP contribution in [0.25, 0.3) is 33.2 Å². The van der Waals surface area contributed by atoms with Crippen molar-refractivity contribution in [2.24, 2.45) is 0 Å². The van der Waals surface area contributed by atoms with E-state index in [4.69, 9.17) is 0 Å². The van der Waals surface area contributed by atoms with Crippen LogP contribution in [0.4, 0.5) is 5.82 Å². The molecule has 37 heavy (non-hydrogen) atoms. The normalized spacial score (nSPS) is 11.8. The van der Waals surface area contributed by atoms with Crippen LogP contribution in [-0.4, -0.2) is 38.9 Å². The van der Waals surface area contributed by atoms with Gasteiger partial charge in [0.1, 0.15) is 11.8 Å². The van der Waals surface area contributed by atoms with Crippen LogP contribution in [0.2, 0.25) is 0 Å². The van der Waals surface area contributed by atoms with Crippen molar-refractivity contribution in [1.29, 1.82) is 0 Å². The van der Waals surface area contributed by atoms with Crippen LogP contribution in [0.15, 0.2) is 96.4 Å². The van der Waals surface area contributed by atoms with E-state index in [1.165, 1.54) is 10.3 Å². The minimum Gasteiger partial charge on any atom is -0.368 e. The molecule has 6 aromatic rings. The molecule has 0 spiro atoms. The van der Waals surface area contributed by atoms with E-state index < -0.39 is 10.0 Å². The summed E-state index contributed by atoms with van der Waals surface area (Å²) in [5.41, 5.74) is 5.50. The predicted molar refractivity (Wildman–Crippen MR) is 145 cm³/mol. The molecule has 3 aromatic heterocycles. The van der Waals surface area contributed by atoms with Gasteiger partial charge in [-0.1, -0.05) is 66.2 Å². The second-order valence-corrected chi connectivity index (χ2v) is 10.6. The third kappa shape index (κ3) is 4.03. The molecule has 0 amide bonds. The van der Waals surface area contributed by atoms with Gasteiger partial charge in [0.2, 0.25) is 0 Å². The van der Waals surface area contributed by atoms with Crippen LogP contribution in [-0.2, 0) is 16.4 Å². The number of benzene rings is 3. The Hall–Kier alpha value is -4.50. The van der Waals surface area contributed by atoms with E-state index in [2.05, 4.69) is 25.3 Å². The van der Waals surface area contributed by atoms with Gasteiger partial charge >= 0.3 is 0 Å². The average Bonchev–Trinajstić information content (AvgIpc) is 3.53. The predicted octanol–water partition coefficient (Wildman–Crippen LogP) is 5.17.